The van der Waals surface area contributed by atoms with Crippen LogP contribution in [0.25, 0.3) is 0 Å². The summed E-state index contributed by atoms with van der Waals surface area (Å²) in [7, 11) is -7.03. The Morgan fingerprint density at radius 2 is 1.90 bits per heavy atom. The lowest BCUT2D eigenvalue weighted by atomic mass is 9.87. The number of rotatable bonds is 8. The van der Waals surface area contributed by atoms with Crippen LogP contribution in [-0.2, 0) is 24.7 Å². The van der Waals surface area contributed by atoms with Gasteiger partial charge in [-0.15, -0.1) is 5.10 Å². The van der Waals surface area contributed by atoms with Gasteiger partial charge in [-0.3, -0.25) is 4.79 Å². The summed E-state index contributed by atoms with van der Waals surface area (Å²) in [6, 6.07) is 5.99. The van der Waals surface area contributed by atoms with Crippen LogP contribution >= 0.6 is 11.6 Å². The van der Waals surface area contributed by atoms with Gasteiger partial charge in [0.2, 0.25) is 5.91 Å². The maximum Gasteiger partial charge on any atom is 0.253 e. The highest BCUT2D eigenvalue weighted by Gasteiger charge is 2.28. The zero-order valence-electron chi connectivity index (χ0n) is 17.4. The third kappa shape index (κ3) is 5.67. The number of hydrogen-bond acceptors (Lipinski definition) is 6. The molecule has 1 fully saturated rings. The van der Waals surface area contributed by atoms with Crippen molar-refractivity contribution in [1.82, 2.24) is 9.19 Å². The van der Waals surface area contributed by atoms with E-state index in [1.807, 2.05) is 0 Å². The van der Waals surface area contributed by atoms with Crippen LogP contribution in [0.2, 0.25) is 5.02 Å². The Balaban J connectivity index is 1.88. The van der Waals surface area contributed by atoms with Gasteiger partial charge in [0.05, 0.1) is 21.6 Å². The van der Waals surface area contributed by atoms with Crippen molar-refractivity contribution < 1.29 is 21.6 Å². The molecule has 0 spiro atoms. The molecule has 31 heavy (non-hydrogen) atoms. The summed E-state index contributed by atoms with van der Waals surface area (Å²) >= 11 is 6.22. The molecular weight excluding hydrogens is 462 g/mol. The predicted molar refractivity (Wildman–Crippen MR) is 120 cm³/mol. The standard InChI is InChI=1S/C20H26ClN3O5S2/c1-3-31(28,29)24-11-10-19(23-24)22-20(25)16(12-14-6-4-5-7-14)15-8-9-18(17(21)13-15)30(2,26)27/h8-11,13-14,16H,3-7,12H2,1-2H3,(H,22,23,25)/t16-/m1/s1. The van der Waals surface area contributed by atoms with Crippen LogP contribution in [-0.4, -0.2) is 43.9 Å². The average molecular weight is 488 g/mol. The highest BCUT2D eigenvalue weighted by molar-refractivity contribution is 7.90. The van der Waals surface area contributed by atoms with E-state index < -0.39 is 25.8 Å². The van der Waals surface area contributed by atoms with Crippen LogP contribution in [0.1, 0.15) is 50.5 Å². The SMILES string of the molecule is CCS(=O)(=O)n1ccc(NC(=O)[C@H](CC2CCCC2)c2ccc(S(C)(=O)=O)c(Cl)c2)n1. The molecule has 1 aromatic carbocycles. The van der Waals surface area contributed by atoms with Gasteiger partial charge in [0.1, 0.15) is 0 Å². The van der Waals surface area contributed by atoms with E-state index in [2.05, 4.69) is 10.4 Å². The third-order valence-electron chi connectivity index (χ3n) is 5.59. The minimum atomic E-state index is -3.55. The number of carbonyl (C=O) groups is 1. The molecule has 0 unspecified atom stereocenters. The molecular formula is C20H26ClN3O5S2. The highest BCUT2D eigenvalue weighted by Crippen LogP contribution is 2.36. The quantitative estimate of drug-likeness (QED) is 0.609. The Bertz CT molecular complexity index is 1170. The summed E-state index contributed by atoms with van der Waals surface area (Å²) in [4.78, 5) is 13.2. The van der Waals surface area contributed by atoms with Crippen molar-refractivity contribution in [3.8, 4) is 0 Å². The summed E-state index contributed by atoms with van der Waals surface area (Å²) in [6.45, 7) is 1.51. The molecule has 8 nitrogen and oxygen atoms in total. The van der Waals surface area contributed by atoms with Gasteiger partial charge in [0.15, 0.2) is 15.7 Å². The molecule has 1 atom stereocenters. The maximum absolute atomic E-state index is 13.2. The number of amides is 1. The molecule has 1 aromatic heterocycles. The molecule has 1 aliphatic carbocycles. The number of benzene rings is 1. The minimum absolute atomic E-state index is 0.0152. The lowest BCUT2D eigenvalue weighted by Crippen LogP contribution is -2.24. The Morgan fingerprint density at radius 1 is 1.23 bits per heavy atom. The third-order valence-corrected chi connectivity index (χ3v) is 8.67. The topological polar surface area (TPSA) is 115 Å². The Hall–Kier alpha value is -1.91. The largest absolute Gasteiger partial charge is 0.309 e. The molecule has 1 aliphatic rings. The first kappa shape index (κ1) is 23.7. The van der Waals surface area contributed by atoms with Gasteiger partial charge in [-0.1, -0.05) is 43.4 Å². The van der Waals surface area contributed by atoms with Crippen molar-refractivity contribution in [2.24, 2.45) is 5.92 Å². The molecule has 3 rings (SSSR count). The molecule has 1 heterocycles. The summed E-state index contributed by atoms with van der Waals surface area (Å²) in [5, 5.41) is 6.73. The fraction of sp³-hybridized carbons (Fsp3) is 0.500. The van der Waals surface area contributed by atoms with Crippen molar-refractivity contribution in [1.29, 1.82) is 0 Å². The first-order chi connectivity index (χ1) is 14.5. The maximum atomic E-state index is 13.2. The molecule has 11 heteroatoms. The van der Waals surface area contributed by atoms with E-state index in [9.17, 15) is 21.6 Å². The monoisotopic (exact) mass is 487 g/mol. The van der Waals surface area contributed by atoms with Gasteiger partial charge in [-0.2, -0.15) is 4.09 Å². The summed E-state index contributed by atoms with van der Waals surface area (Å²) in [5.74, 6) is -0.506. The predicted octanol–water partition coefficient (Wildman–Crippen LogP) is 3.44. The Morgan fingerprint density at radius 3 is 2.48 bits per heavy atom. The van der Waals surface area contributed by atoms with Crippen molar-refractivity contribution >= 4 is 43.2 Å². The van der Waals surface area contributed by atoms with E-state index in [1.165, 1.54) is 31.3 Å². The number of aromatic nitrogens is 2. The molecule has 0 saturated heterocycles. The number of sulfone groups is 1. The molecule has 0 bridgehead atoms. The molecule has 0 aliphatic heterocycles. The zero-order chi connectivity index (χ0) is 22.8. The van der Waals surface area contributed by atoms with Gasteiger partial charge in [0, 0.05) is 18.5 Å². The lowest BCUT2D eigenvalue weighted by Gasteiger charge is -2.21. The second-order valence-electron chi connectivity index (χ2n) is 7.86. The van der Waals surface area contributed by atoms with Gasteiger partial charge >= 0.3 is 0 Å². The molecule has 1 amide bonds. The summed E-state index contributed by atoms with van der Waals surface area (Å²) in [5.41, 5.74) is 0.613. The lowest BCUT2D eigenvalue weighted by molar-refractivity contribution is -0.118. The number of hydrogen-bond donors (Lipinski definition) is 1. The number of nitrogens with one attached hydrogen (secondary N) is 1. The van der Waals surface area contributed by atoms with E-state index in [0.29, 0.717) is 17.9 Å². The van der Waals surface area contributed by atoms with E-state index in [4.69, 9.17) is 11.6 Å². The van der Waals surface area contributed by atoms with Crippen molar-refractivity contribution in [2.75, 3.05) is 17.3 Å². The second-order valence-corrected chi connectivity index (χ2v) is 12.4. The van der Waals surface area contributed by atoms with Crippen LogP contribution in [0, 0.1) is 5.92 Å². The average Bonchev–Trinajstić information content (AvgIpc) is 3.37. The first-order valence-electron chi connectivity index (χ1n) is 10.1. The van der Waals surface area contributed by atoms with Crippen molar-refractivity contribution in [3.05, 3.63) is 41.0 Å². The van der Waals surface area contributed by atoms with E-state index in [-0.39, 0.29) is 27.4 Å². The smallest absolute Gasteiger partial charge is 0.253 e. The molecule has 170 valence electrons. The number of anilines is 1. The Kier molecular flexibility index (Phi) is 7.12. The zero-order valence-corrected chi connectivity index (χ0v) is 19.8. The number of nitrogens with zero attached hydrogens (tertiary/aromatic N) is 2. The summed E-state index contributed by atoms with van der Waals surface area (Å²) in [6.07, 6.45) is 7.26. The number of carbonyl (C=O) groups excluding carboxylic acids is 1. The first-order valence-corrected chi connectivity index (χ1v) is 14.0. The van der Waals surface area contributed by atoms with E-state index in [1.54, 1.807) is 6.07 Å². The highest BCUT2D eigenvalue weighted by atomic mass is 35.5. The van der Waals surface area contributed by atoms with E-state index in [0.717, 1.165) is 36.0 Å². The van der Waals surface area contributed by atoms with Gasteiger partial charge in [-0.25, -0.2) is 16.8 Å². The fourth-order valence-electron chi connectivity index (χ4n) is 3.88. The fourth-order valence-corrected chi connectivity index (χ4v) is 5.94. The van der Waals surface area contributed by atoms with E-state index >= 15 is 0 Å². The molecule has 1 N–H and O–H groups in total. The minimum Gasteiger partial charge on any atom is -0.309 e. The second kappa shape index (κ2) is 9.30. The van der Waals surface area contributed by atoms with Gasteiger partial charge < -0.3 is 5.32 Å². The summed E-state index contributed by atoms with van der Waals surface area (Å²) < 4.78 is 48.5. The van der Waals surface area contributed by atoms with Crippen LogP contribution in [0.4, 0.5) is 5.82 Å². The molecule has 1 saturated carbocycles. The van der Waals surface area contributed by atoms with Crippen LogP contribution in [0.3, 0.4) is 0 Å². The van der Waals surface area contributed by atoms with Crippen molar-refractivity contribution in [3.63, 3.8) is 0 Å². The normalized spacial score (nSPS) is 16.4. The van der Waals surface area contributed by atoms with Crippen LogP contribution in [0.5, 0.6) is 0 Å². The van der Waals surface area contributed by atoms with Crippen molar-refractivity contribution in [2.45, 2.75) is 49.8 Å². The van der Waals surface area contributed by atoms with Crippen LogP contribution < -0.4 is 5.32 Å². The van der Waals surface area contributed by atoms with Gasteiger partial charge in [-0.05, 0) is 37.0 Å². The van der Waals surface area contributed by atoms with Gasteiger partial charge in [0.25, 0.3) is 10.0 Å². The molecule has 0 radical (unpaired) electrons. The number of halogens is 1. The Labute approximate surface area is 188 Å². The molecule has 2 aromatic rings. The van der Waals surface area contributed by atoms with Crippen LogP contribution in [0.15, 0.2) is 35.4 Å².